The zero-order valence-electron chi connectivity index (χ0n) is 10.9. The number of nitrogens with zero attached hydrogens (tertiary/aromatic N) is 2. The van der Waals surface area contributed by atoms with Crippen LogP contribution in [0.5, 0.6) is 0 Å². The Morgan fingerprint density at radius 3 is 2.38 bits per heavy atom. The van der Waals surface area contributed by atoms with Crippen LogP contribution >= 0.6 is 0 Å². The molecule has 1 N–H and O–H groups in total. The van der Waals surface area contributed by atoms with Crippen molar-refractivity contribution < 1.29 is 9.72 Å². The number of benzene rings is 2. The molecule has 0 heterocycles. The van der Waals surface area contributed by atoms with Crippen molar-refractivity contribution in [3.8, 4) is 6.07 Å². The fourth-order valence-corrected chi connectivity index (χ4v) is 1.87. The van der Waals surface area contributed by atoms with Gasteiger partial charge in [0.05, 0.1) is 11.0 Å². The Bertz CT molecular complexity index is 708. The van der Waals surface area contributed by atoms with E-state index in [1.807, 2.05) is 6.07 Å². The Kier molecular flexibility index (Phi) is 4.26. The molecule has 0 aromatic heterocycles. The van der Waals surface area contributed by atoms with Crippen LogP contribution in [0.1, 0.15) is 22.0 Å². The maximum absolute atomic E-state index is 12.1. The molecule has 2 rings (SSSR count). The SMILES string of the molecule is N#CC(NC(=O)c1ccccc1[N+](=O)[O-])c1ccccc1. The van der Waals surface area contributed by atoms with Gasteiger partial charge in [-0.3, -0.25) is 14.9 Å². The molecule has 104 valence electrons. The van der Waals surface area contributed by atoms with Crippen molar-refractivity contribution in [2.75, 3.05) is 0 Å². The number of nitriles is 1. The first-order chi connectivity index (χ1) is 10.1. The van der Waals surface area contributed by atoms with Crippen molar-refractivity contribution in [3.05, 3.63) is 75.8 Å². The number of nitro groups is 1. The predicted molar refractivity (Wildman–Crippen MR) is 75.4 cm³/mol. The molecule has 21 heavy (non-hydrogen) atoms. The lowest BCUT2D eigenvalue weighted by Crippen LogP contribution is -2.28. The first-order valence-corrected chi connectivity index (χ1v) is 6.12. The number of nitro benzene ring substituents is 1. The van der Waals surface area contributed by atoms with E-state index in [1.54, 1.807) is 30.3 Å². The normalized spacial score (nSPS) is 11.2. The minimum Gasteiger partial charge on any atom is -0.332 e. The van der Waals surface area contributed by atoms with E-state index in [2.05, 4.69) is 5.32 Å². The summed E-state index contributed by atoms with van der Waals surface area (Å²) in [4.78, 5) is 22.4. The third-order valence-electron chi connectivity index (χ3n) is 2.88. The first-order valence-electron chi connectivity index (χ1n) is 6.12. The molecule has 0 fully saturated rings. The van der Waals surface area contributed by atoms with E-state index in [0.717, 1.165) is 0 Å². The van der Waals surface area contributed by atoms with Gasteiger partial charge < -0.3 is 5.32 Å². The van der Waals surface area contributed by atoms with Crippen molar-refractivity contribution in [1.82, 2.24) is 5.32 Å². The van der Waals surface area contributed by atoms with Gasteiger partial charge in [-0.2, -0.15) is 5.26 Å². The summed E-state index contributed by atoms with van der Waals surface area (Å²) in [5, 5.41) is 22.6. The monoisotopic (exact) mass is 281 g/mol. The van der Waals surface area contributed by atoms with Crippen LogP contribution in [0, 0.1) is 21.4 Å². The number of rotatable bonds is 4. The second kappa shape index (κ2) is 6.30. The number of hydrogen-bond donors (Lipinski definition) is 1. The zero-order valence-corrected chi connectivity index (χ0v) is 10.9. The summed E-state index contributed by atoms with van der Waals surface area (Å²) in [5.74, 6) is -0.655. The molecule has 0 bridgehead atoms. The summed E-state index contributed by atoms with van der Waals surface area (Å²) in [5.41, 5.74) is 0.255. The number of carbonyl (C=O) groups excluding carboxylic acids is 1. The fourth-order valence-electron chi connectivity index (χ4n) is 1.87. The van der Waals surface area contributed by atoms with Crippen molar-refractivity contribution >= 4 is 11.6 Å². The Morgan fingerprint density at radius 2 is 1.76 bits per heavy atom. The summed E-state index contributed by atoms with van der Waals surface area (Å²) < 4.78 is 0. The molecule has 2 aromatic rings. The van der Waals surface area contributed by atoms with Crippen molar-refractivity contribution in [3.63, 3.8) is 0 Å². The van der Waals surface area contributed by atoms with Crippen LogP contribution in [0.4, 0.5) is 5.69 Å². The second-order valence-corrected chi connectivity index (χ2v) is 4.22. The molecule has 1 atom stereocenters. The van der Waals surface area contributed by atoms with Gasteiger partial charge >= 0.3 is 0 Å². The smallest absolute Gasteiger partial charge is 0.282 e. The largest absolute Gasteiger partial charge is 0.332 e. The number of amides is 1. The predicted octanol–water partition coefficient (Wildman–Crippen LogP) is 2.59. The third-order valence-corrected chi connectivity index (χ3v) is 2.88. The lowest BCUT2D eigenvalue weighted by molar-refractivity contribution is -0.385. The maximum atomic E-state index is 12.1. The highest BCUT2D eigenvalue weighted by molar-refractivity contribution is 5.98. The van der Waals surface area contributed by atoms with Crippen LogP contribution in [-0.2, 0) is 0 Å². The fraction of sp³-hybridized carbons (Fsp3) is 0.0667. The van der Waals surface area contributed by atoms with Crippen LogP contribution in [-0.4, -0.2) is 10.8 Å². The van der Waals surface area contributed by atoms with Crippen molar-refractivity contribution in [2.45, 2.75) is 6.04 Å². The highest BCUT2D eigenvalue weighted by atomic mass is 16.6. The van der Waals surface area contributed by atoms with E-state index in [9.17, 15) is 14.9 Å². The number of para-hydroxylation sites is 1. The van der Waals surface area contributed by atoms with E-state index in [1.165, 1.54) is 24.3 Å². The second-order valence-electron chi connectivity index (χ2n) is 4.22. The van der Waals surface area contributed by atoms with Gasteiger partial charge in [-0.05, 0) is 11.6 Å². The minimum atomic E-state index is -0.862. The van der Waals surface area contributed by atoms with E-state index in [-0.39, 0.29) is 11.3 Å². The third kappa shape index (κ3) is 3.22. The van der Waals surface area contributed by atoms with Crippen molar-refractivity contribution in [2.24, 2.45) is 0 Å². The van der Waals surface area contributed by atoms with Gasteiger partial charge in [0.25, 0.3) is 11.6 Å². The number of hydrogen-bond acceptors (Lipinski definition) is 4. The van der Waals surface area contributed by atoms with Gasteiger partial charge in [0, 0.05) is 6.07 Å². The van der Waals surface area contributed by atoms with Gasteiger partial charge in [0.15, 0.2) is 0 Å². The summed E-state index contributed by atoms with van der Waals surface area (Å²) in [6.07, 6.45) is 0. The number of carbonyl (C=O) groups is 1. The molecule has 0 aliphatic carbocycles. The Hall–Kier alpha value is -3.20. The van der Waals surface area contributed by atoms with Gasteiger partial charge in [-0.15, -0.1) is 0 Å². The van der Waals surface area contributed by atoms with E-state index in [4.69, 9.17) is 5.26 Å². The lowest BCUT2D eigenvalue weighted by Gasteiger charge is -2.11. The van der Waals surface area contributed by atoms with Crippen LogP contribution in [0.25, 0.3) is 0 Å². The highest BCUT2D eigenvalue weighted by Crippen LogP contribution is 2.19. The first kappa shape index (κ1) is 14.2. The molecule has 0 aliphatic heterocycles. The molecule has 0 saturated carbocycles. The minimum absolute atomic E-state index is 0.0707. The summed E-state index contributed by atoms with van der Waals surface area (Å²) in [6, 6.07) is 15.4. The Labute approximate surface area is 120 Å². The van der Waals surface area contributed by atoms with Gasteiger partial charge in [0.1, 0.15) is 11.6 Å². The van der Waals surface area contributed by atoms with Gasteiger partial charge in [-0.25, -0.2) is 0 Å². The average molecular weight is 281 g/mol. The molecule has 0 radical (unpaired) electrons. The van der Waals surface area contributed by atoms with Gasteiger partial charge in [0.2, 0.25) is 0 Å². The standard InChI is InChI=1S/C15H11N3O3/c16-10-13(11-6-2-1-3-7-11)17-15(19)12-8-4-5-9-14(12)18(20)21/h1-9,13H,(H,17,19). The topological polar surface area (TPSA) is 96.0 Å². The molecule has 1 amide bonds. The van der Waals surface area contributed by atoms with Crippen molar-refractivity contribution in [1.29, 1.82) is 5.26 Å². The van der Waals surface area contributed by atoms with E-state index >= 15 is 0 Å². The Balaban J connectivity index is 2.26. The lowest BCUT2D eigenvalue weighted by atomic mass is 10.1. The molecule has 1 unspecified atom stereocenters. The molecule has 0 saturated heterocycles. The number of nitrogens with one attached hydrogen (secondary N) is 1. The summed E-state index contributed by atoms with van der Waals surface area (Å²) in [6.45, 7) is 0. The van der Waals surface area contributed by atoms with E-state index < -0.39 is 16.9 Å². The zero-order chi connectivity index (χ0) is 15.2. The summed E-state index contributed by atoms with van der Waals surface area (Å²) >= 11 is 0. The maximum Gasteiger partial charge on any atom is 0.282 e. The molecule has 0 aliphatic rings. The molecule has 0 spiro atoms. The summed E-state index contributed by atoms with van der Waals surface area (Å²) in [7, 11) is 0. The van der Waals surface area contributed by atoms with Crippen LogP contribution in [0.3, 0.4) is 0 Å². The molecule has 6 nitrogen and oxygen atoms in total. The van der Waals surface area contributed by atoms with Crippen LogP contribution < -0.4 is 5.32 Å². The van der Waals surface area contributed by atoms with Gasteiger partial charge in [-0.1, -0.05) is 42.5 Å². The Morgan fingerprint density at radius 1 is 1.14 bits per heavy atom. The highest BCUT2D eigenvalue weighted by Gasteiger charge is 2.22. The molecule has 6 heteroatoms. The van der Waals surface area contributed by atoms with Crippen LogP contribution in [0.15, 0.2) is 54.6 Å². The molecular formula is C15H11N3O3. The van der Waals surface area contributed by atoms with Crippen LogP contribution in [0.2, 0.25) is 0 Å². The molecule has 2 aromatic carbocycles. The quantitative estimate of drug-likeness (QED) is 0.688. The average Bonchev–Trinajstić information content (AvgIpc) is 2.53. The molecular weight excluding hydrogens is 270 g/mol. The van der Waals surface area contributed by atoms with E-state index in [0.29, 0.717) is 5.56 Å².